The molecule has 3 rings (SSSR count). The van der Waals surface area contributed by atoms with Gasteiger partial charge >= 0.3 is 0 Å². The maximum Gasteiger partial charge on any atom is 0.216 e. The lowest BCUT2D eigenvalue weighted by Gasteiger charge is -2.01. The number of nitrogens with zero attached hydrogens (tertiary/aromatic N) is 3. The van der Waals surface area contributed by atoms with Gasteiger partial charge in [-0.15, -0.1) is 0 Å². The van der Waals surface area contributed by atoms with Gasteiger partial charge in [0.25, 0.3) is 0 Å². The Morgan fingerprint density at radius 2 is 1.86 bits per heavy atom. The zero-order valence-electron chi connectivity index (χ0n) is 11.6. The molecule has 22 heavy (non-hydrogen) atoms. The minimum absolute atomic E-state index is 0.276. The second kappa shape index (κ2) is 6.44. The molecule has 3 aromatic rings. The highest BCUT2D eigenvalue weighted by molar-refractivity contribution is 7.71. The molecule has 0 unspecified atom stereocenters. The zero-order valence-corrected chi connectivity index (χ0v) is 12.4. The lowest BCUT2D eigenvalue weighted by atomic mass is 10.1. The third-order valence-corrected chi connectivity index (χ3v) is 3.38. The third-order valence-electron chi connectivity index (χ3n) is 3.11. The van der Waals surface area contributed by atoms with E-state index in [9.17, 15) is 4.39 Å². The first-order valence-electron chi connectivity index (χ1n) is 6.72. The first kappa shape index (κ1) is 14.3. The van der Waals surface area contributed by atoms with E-state index in [1.165, 1.54) is 12.1 Å². The summed E-state index contributed by atoms with van der Waals surface area (Å²) in [5.41, 5.74) is 1.91. The van der Waals surface area contributed by atoms with Gasteiger partial charge < -0.3 is 0 Å². The number of benzene rings is 2. The number of hydrogen-bond donors (Lipinski definition) is 1. The molecule has 0 aliphatic heterocycles. The van der Waals surface area contributed by atoms with Crippen LogP contribution in [-0.4, -0.2) is 21.1 Å². The molecule has 4 nitrogen and oxygen atoms in total. The van der Waals surface area contributed by atoms with Crippen molar-refractivity contribution in [2.75, 3.05) is 0 Å². The number of aromatic nitrogens is 3. The molecule has 110 valence electrons. The maximum atomic E-state index is 12.9. The Morgan fingerprint density at radius 1 is 1.14 bits per heavy atom. The molecule has 6 heteroatoms. The lowest BCUT2D eigenvalue weighted by Crippen LogP contribution is -2.00. The summed E-state index contributed by atoms with van der Waals surface area (Å²) in [6.45, 7) is 0. The van der Waals surface area contributed by atoms with Gasteiger partial charge in [0.1, 0.15) is 5.82 Å². The van der Waals surface area contributed by atoms with Crippen LogP contribution in [0.3, 0.4) is 0 Å². The summed E-state index contributed by atoms with van der Waals surface area (Å²) in [7, 11) is 0. The Labute approximate surface area is 131 Å². The highest BCUT2D eigenvalue weighted by Gasteiger charge is 2.05. The molecular formula is C16H13FN4S. The van der Waals surface area contributed by atoms with Gasteiger partial charge in [0.2, 0.25) is 4.77 Å². The summed E-state index contributed by atoms with van der Waals surface area (Å²) in [5, 5.41) is 11.3. The van der Waals surface area contributed by atoms with Gasteiger partial charge in [0, 0.05) is 6.42 Å². The van der Waals surface area contributed by atoms with Crippen molar-refractivity contribution >= 4 is 18.4 Å². The summed E-state index contributed by atoms with van der Waals surface area (Å²) >= 11 is 5.20. The molecule has 2 aromatic carbocycles. The molecule has 1 N–H and O–H groups in total. The Bertz CT molecular complexity index is 835. The van der Waals surface area contributed by atoms with Crippen molar-refractivity contribution in [3.05, 3.63) is 82.1 Å². The SMILES string of the molecule is Fc1ccc(/C=N\n2c(Cc3ccccc3)n[nH]c2=S)cc1. The van der Waals surface area contributed by atoms with Crippen LogP contribution >= 0.6 is 12.2 Å². The van der Waals surface area contributed by atoms with E-state index < -0.39 is 0 Å². The van der Waals surface area contributed by atoms with Crippen LogP contribution in [0.25, 0.3) is 0 Å². The van der Waals surface area contributed by atoms with Crippen LogP contribution in [0.5, 0.6) is 0 Å². The largest absolute Gasteiger partial charge is 0.250 e. The summed E-state index contributed by atoms with van der Waals surface area (Å²) < 4.78 is 14.9. The van der Waals surface area contributed by atoms with E-state index in [2.05, 4.69) is 15.3 Å². The van der Waals surface area contributed by atoms with Gasteiger partial charge in [-0.05, 0) is 35.5 Å². The maximum absolute atomic E-state index is 12.9. The molecule has 0 radical (unpaired) electrons. The van der Waals surface area contributed by atoms with Crippen LogP contribution in [-0.2, 0) is 6.42 Å². The zero-order chi connectivity index (χ0) is 15.4. The molecule has 0 aliphatic carbocycles. The highest BCUT2D eigenvalue weighted by Crippen LogP contribution is 2.08. The van der Waals surface area contributed by atoms with Gasteiger partial charge in [0.15, 0.2) is 5.82 Å². The Balaban J connectivity index is 1.86. The van der Waals surface area contributed by atoms with Crippen LogP contribution in [0, 0.1) is 10.6 Å². The van der Waals surface area contributed by atoms with Crippen molar-refractivity contribution in [3.63, 3.8) is 0 Å². The Hall–Kier alpha value is -2.60. The number of hydrogen-bond acceptors (Lipinski definition) is 3. The monoisotopic (exact) mass is 312 g/mol. The molecule has 1 aromatic heterocycles. The van der Waals surface area contributed by atoms with Gasteiger partial charge in [-0.3, -0.25) is 5.10 Å². The van der Waals surface area contributed by atoms with E-state index in [4.69, 9.17) is 12.2 Å². The number of nitrogens with one attached hydrogen (secondary N) is 1. The molecule has 0 aliphatic rings. The Kier molecular flexibility index (Phi) is 4.20. The molecule has 0 bridgehead atoms. The predicted octanol–water partition coefficient (Wildman–Crippen LogP) is 3.55. The van der Waals surface area contributed by atoms with E-state index in [1.54, 1.807) is 23.0 Å². The van der Waals surface area contributed by atoms with Crippen molar-refractivity contribution in [2.45, 2.75) is 6.42 Å². The van der Waals surface area contributed by atoms with Gasteiger partial charge in [-0.1, -0.05) is 42.5 Å². The predicted molar refractivity (Wildman–Crippen MR) is 86.1 cm³/mol. The minimum atomic E-state index is -0.276. The average Bonchev–Trinajstić information content (AvgIpc) is 2.88. The number of rotatable bonds is 4. The number of aromatic amines is 1. The first-order valence-corrected chi connectivity index (χ1v) is 7.13. The van der Waals surface area contributed by atoms with Gasteiger partial charge in [-0.2, -0.15) is 14.9 Å². The van der Waals surface area contributed by atoms with Crippen molar-refractivity contribution in [1.29, 1.82) is 0 Å². The van der Waals surface area contributed by atoms with E-state index >= 15 is 0 Å². The molecule has 0 fully saturated rings. The van der Waals surface area contributed by atoms with E-state index in [0.29, 0.717) is 11.2 Å². The molecule has 0 saturated heterocycles. The summed E-state index contributed by atoms with van der Waals surface area (Å²) in [4.78, 5) is 0. The fourth-order valence-corrected chi connectivity index (χ4v) is 2.21. The normalized spacial score (nSPS) is 11.1. The van der Waals surface area contributed by atoms with Crippen LogP contribution in [0.4, 0.5) is 4.39 Å². The van der Waals surface area contributed by atoms with E-state index in [1.807, 2.05) is 30.3 Å². The van der Waals surface area contributed by atoms with Crippen molar-refractivity contribution in [3.8, 4) is 0 Å². The first-order chi connectivity index (χ1) is 10.7. The second-order valence-electron chi connectivity index (χ2n) is 4.72. The lowest BCUT2D eigenvalue weighted by molar-refractivity contribution is 0.628. The summed E-state index contributed by atoms with van der Waals surface area (Å²) in [6.07, 6.45) is 2.24. The van der Waals surface area contributed by atoms with Crippen molar-refractivity contribution < 1.29 is 4.39 Å². The number of halogens is 1. The smallest absolute Gasteiger partial charge is 0.216 e. The highest BCUT2D eigenvalue weighted by atomic mass is 32.1. The second-order valence-corrected chi connectivity index (χ2v) is 5.10. The topological polar surface area (TPSA) is 46.0 Å². The van der Waals surface area contributed by atoms with Crippen LogP contribution in [0.1, 0.15) is 17.0 Å². The van der Waals surface area contributed by atoms with Gasteiger partial charge in [-0.25, -0.2) is 4.39 Å². The average molecular weight is 312 g/mol. The van der Waals surface area contributed by atoms with Crippen molar-refractivity contribution in [2.24, 2.45) is 5.10 Å². The Morgan fingerprint density at radius 3 is 2.59 bits per heavy atom. The standard InChI is InChI=1S/C16H13FN4S/c17-14-8-6-13(7-9-14)11-18-21-15(19-20-16(21)22)10-12-4-2-1-3-5-12/h1-9,11H,10H2,(H,20,22)/b18-11-. The molecular weight excluding hydrogens is 299 g/mol. The van der Waals surface area contributed by atoms with Crippen molar-refractivity contribution in [1.82, 2.24) is 14.9 Å². The quantitative estimate of drug-likeness (QED) is 0.591. The number of H-pyrrole nitrogens is 1. The van der Waals surface area contributed by atoms with E-state index in [0.717, 1.165) is 17.0 Å². The van der Waals surface area contributed by atoms with E-state index in [-0.39, 0.29) is 5.82 Å². The van der Waals surface area contributed by atoms with Crippen LogP contribution in [0.15, 0.2) is 59.7 Å². The summed E-state index contributed by atoms with van der Waals surface area (Å²) in [6, 6.07) is 16.0. The fourth-order valence-electron chi connectivity index (χ4n) is 2.01. The summed E-state index contributed by atoms with van der Waals surface area (Å²) in [5.74, 6) is 0.441. The molecule has 0 amide bonds. The minimum Gasteiger partial charge on any atom is -0.250 e. The fraction of sp³-hybridized carbons (Fsp3) is 0.0625. The van der Waals surface area contributed by atoms with Crippen LogP contribution in [0.2, 0.25) is 0 Å². The van der Waals surface area contributed by atoms with Gasteiger partial charge in [0.05, 0.1) is 6.21 Å². The molecule has 0 saturated carbocycles. The molecule has 0 atom stereocenters. The third kappa shape index (κ3) is 3.35. The molecule has 1 heterocycles. The van der Waals surface area contributed by atoms with Crippen LogP contribution < -0.4 is 0 Å². The molecule has 0 spiro atoms.